The highest BCUT2D eigenvalue weighted by atomic mass is 79.9. The van der Waals surface area contributed by atoms with Gasteiger partial charge in [-0.25, -0.2) is 0 Å². The normalized spacial score (nSPS) is 27.4. The van der Waals surface area contributed by atoms with Gasteiger partial charge in [0.05, 0.1) is 12.2 Å². The lowest BCUT2D eigenvalue weighted by Gasteiger charge is -2.40. The fourth-order valence-electron chi connectivity index (χ4n) is 3.09. The summed E-state index contributed by atoms with van der Waals surface area (Å²) in [5, 5.41) is 3.31. The minimum absolute atomic E-state index is 0.0273. The van der Waals surface area contributed by atoms with Gasteiger partial charge < -0.3 is 10.1 Å². The van der Waals surface area contributed by atoms with Crippen molar-refractivity contribution >= 4 is 15.9 Å². The van der Waals surface area contributed by atoms with Gasteiger partial charge in [-0.2, -0.15) is 0 Å². The summed E-state index contributed by atoms with van der Waals surface area (Å²) in [4.78, 5) is 0. The van der Waals surface area contributed by atoms with Crippen molar-refractivity contribution in [2.75, 3.05) is 13.6 Å². The quantitative estimate of drug-likeness (QED) is 0.878. The molecule has 0 spiro atoms. The first-order chi connectivity index (χ1) is 9.13. The van der Waals surface area contributed by atoms with E-state index in [0.29, 0.717) is 6.61 Å². The maximum atomic E-state index is 6.33. The van der Waals surface area contributed by atoms with E-state index in [4.69, 9.17) is 4.74 Å². The molecule has 1 aromatic carbocycles. The summed E-state index contributed by atoms with van der Waals surface area (Å²) in [6.07, 6.45) is 4.97. The summed E-state index contributed by atoms with van der Waals surface area (Å²) in [6, 6.07) is 8.41. The molecule has 0 amide bonds. The molecular weight excluding hydrogens is 302 g/mol. The molecule has 0 saturated heterocycles. The maximum Gasteiger partial charge on any atom is 0.0813 e. The first-order valence-corrected chi connectivity index (χ1v) is 7.96. The molecule has 2 nitrogen and oxygen atoms in total. The Hall–Kier alpha value is -0.380. The van der Waals surface area contributed by atoms with E-state index < -0.39 is 0 Å². The lowest BCUT2D eigenvalue weighted by atomic mass is 9.78. The van der Waals surface area contributed by atoms with E-state index in [1.807, 2.05) is 7.05 Å². The molecule has 0 radical (unpaired) electrons. The van der Waals surface area contributed by atoms with Crippen LogP contribution in [0.15, 0.2) is 28.7 Å². The summed E-state index contributed by atoms with van der Waals surface area (Å²) in [6.45, 7) is 4.00. The second-order valence-electron chi connectivity index (χ2n) is 5.83. The summed E-state index contributed by atoms with van der Waals surface area (Å²) in [5.41, 5.74) is 1.27. The van der Waals surface area contributed by atoms with E-state index >= 15 is 0 Å². The van der Waals surface area contributed by atoms with Crippen molar-refractivity contribution in [3.63, 3.8) is 0 Å². The van der Waals surface area contributed by atoms with Gasteiger partial charge in [-0.05, 0) is 43.5 Å². The third-order valence-electron chi connectivity index (χ3n) is 4.01. The van der Waals surface area contributed by atoms with Crippen molar-refractivity contribution in [3.05, 3.63) is 34.3 Å². The van der Waals surface area contributed by atoms with Crippen LogP contribution < -0.4 is 5.32 Å². The number of halogens is 1. The van der Waals surface area contributed by atoms with Gasteiger partial charge in [0, 0.05) is 11.0 Å². The molecule has 0 aliphatic heterocycles. The van der Waals surface area contributed by atoms with Gasteiger partial charge in [0.25, 0.3) is 0 Å². The Balaban J connectivity index is 1.98. The van der Waals surface area contributed by atoms with Crippen molar-refractivity contribution in [1.29, 1.82) is 0 Å². The average Bonchev–Trinajstić information content (AvgIpc) is 2.39. The smallest absolute Gasteiger partial charge is 0.0813 e. The molecule has 3 heteroatoms. The van der Waals surface area contributed by atoms with Crippen LogP contribution in [0.2, 0.25) is 0 Å². The molecule has 1 aromatic rings. The molecular formula is C16H24BrNO. The Morgan fingerprint density at radius 3 is 2.74 bits per heavy atom. The minimum Gasteiger partial charge on any atom is -0.369 e. The highest BCUT2D eigenvalue weighted by molar-refractivity contribution is 9.10. The molecule has 0 bridgehead atoms. The third-order valence-corrected chi connectivity index (χ3v) is 4.54. The second-order valence-corrected chi connectivity index (χ2v) is 6.75. The SMILES string of the molecule is CNCC1(OCc2ccc(Br)cc2)CCCC(C)C1. The monoisotopic (exact) mass is 325 g/mol. The number of nitrogens with one attached hydrogen (secondary N) is 1. The number of ether oxygens (including phenoxy) is 1. The summed E-state index contributed by atoms with van der Waals surface area (Å²) in [5.74, 6) is 0.770. The largest absolute Gasteiger partial charge is 0.369 e. The van der Waals surface area contributed by atoms with Gasteiger partial charge in [-0.1, -0.05) is 47.8 Å². The minimum atomic E-state index is 0.0273. The molecule has 2 rings (SSSR count). The van der Waals surface area contributed by atoms with E-state index in [0.717, 1.165) is 16.9 Å². The van der Waals surface area contributed by atoms with Gasteiger partial charge >= 0.3 is 0 Å². The molecule has 1 N–H and O–H groups in total. The van der Waals surface area contributed by atoms with Crippen molar-refractivity contribution in [3.8, 4) is 0 Å². The van der Waals surface area contributed by atoms with Crippen LogP contribution in [-0.2, 0) is 11.3 Å². The summed E-state index contributed by atoms with van der Waals surface area (Å²) >= 11 is 3.47. The summed E-state index contributed by atoms with van der Waals surface area (Å²) < 4.78 is 7.45. The van der Waals surface area contributed by atoms with Crippen LogP contribution in [0.5, 0.6) is 0 Å². The van der Waals surface area contributed by atoms with E-state index in [2.05, 4.69) is 52.4 Å². The number of hydrogen-bond donors (Lipinski definition) is 1. The van der Waals surface area contributed by atoms with Crippen LogP contribution in [0.4, 0.5) is 0 Å². The third kappa shape index (κ3) is 4.30. The van der Waals surface area contributed by atoms with Crippen molar-refractivity contribution in [2.45, 2.75) is 44.8 Å². The molecule has 106 valence electrons. The van der Waals surface area contributed by atoms with Crippen LogP contribution in [0.25, 0.3) is 0 Å². The maximum absolute atomic E-state index is 6.33. The fraction of sp³-hybridized carbons (Fsp3) is 0.625. The van der Waals surface area contributed by atoms with E-state index in [1.165, 1.54) is 31.2 Å². The van der Waals surface area contributed by atoms with Gasteiger partial charge in [-0.15, -0.1) is 0 Å². The van der Waals surface area contributed by atoms with Gasteiger partial charge in [0.1, 0.15) is 0 Å². The van der Waals surface area contributed by atoms with Gasteiger partial charge in [0.2, 0.25) is 0 Å². The predicted molar refractivity (Wildman–Crippen MR) is 83.2 cm³/mol. The van der Waals surface area contributed by atoms with E-state index in [1.54, 1.807) is 0 Å². The van der Waals surface area contributed by atoms with Crippen molar-refractivity contribution < 1.29 is 4.74 Å². The van der Waals surface area contributed by atoms with Gasteiger partial charge in [0.15, 0.2) is 0 Å². The first kappa shape index (κ1) is 15.0. The summed E-state index contributed by atoms with van der Waals surface area (Å²) in [7, 11) is 2.02. The van der Waals surface area contributed by atoms with Gasteiger partial charge in [-0.3, -0.25) is 0 Å². The van der Waals surface area contributed by atoms with Crippen molar-refractivity contribution in [1.82, 2.24) is 5.32 Å². The Kier molecular flexibility index (Phi) is 5.43. The standard InChI is InChI=1S/C16H24BrNO/c1-13-4-3-9-16(10-13,12-18-2)19-11-14-5-7-15(17)8-6-14/h5-8,13,18H,3-4,9-12H2,1-2H3. The Labute approximate surface area is 125 Å². The average molecular weight is 326 g/mol. The molecule has 2 atom stereocenters. The van der Waals surface area contributed by atoms with Crippen LogP contribution in [0.3, 0.4) is 0 Å². The van der Waals surface area contributed by atoms with Crippen LogP contribution in [0, 0.1) is 5.92 Å². The highest BCUT2D eigenvalue weighted by Crippen LogP contribution is 2.35. The Morgan fingerprint density at radius 1 is 1.37 bits per heavy atom. The van der Waals surface area contributed by atoms with Crippen LogP contribution in [-0.4, -0.2) is 19.2 Å². The highest BCUT2D eigenvalue weighted by Gasteiger charge is 2.35. The lowest BCUT2D eigenvalue weighted by molar-refractivity contribution is -0.0880. The number of hydrogen-bond acceptors (Lipinski definition) is 2. The lowest BCUT2D eigenvalue weighted by Crippen LogP contribution is -2.45. The second kappa shape index (κ2) is 6.87. The molecule has 1 aliphatic rings. The zero-order valence-electron chi connectivity index (χ0n) is 11.9. The Bertz CT molecular complexity index is 388. The zero-order valence-corrected chi connectivity index (χ0v) is 13.5. The molecule has 0 aromatic heterocycles. The Morgan fingerprint density at radius 2 is 2.11 bits per heavy atom. The number of rotatable bonds is 5. The van der Waals surface area contributed by atoms with Crippen LogP contribution >= 0.6 is 15.9 Å². The van der Waals surface area contributed by atoms with Crippen molar-refractivity contribution in [2.24, 2.45) is 5.92 Å². The molecule has 1 saturated carbocycles. The zero-order chi connectivity index (χ0) is 13.7. The number of benzene rings is 1. The number of likely N-dealkylation sites (N-methyl/N-ethyl adjacent to an activating group) is 1. The fourth-order valence-corrected chi connectivity index (χ4v) is 3.36. The molecule has 19 heavy (non-hydrogen) atoms. The molecule has 1 aliphatic carbocycles. The van der Waals surface area contributed by atoms with E-state index in [9.17, 15) is 0 Å². The predicted octanol–water partition coefficient (Wildman–Crippen LogP) is 4.13. The topological polar surface area (TPSA) is 21.3 Å². The first-order valence-electron chi connectivity index (χ1n) is 7.16. The van der Waals surface area contributed by atoms with Crippen LogP contribution in [0.1, 0.15) is 38.2 Å². The molecule has 0 heterocycles. The molecule has 1 fully saturated rings. The van der Waals surface area contributed by atoms with E-state index in [-0.39, 0.29) is 5.60 Å². The molecule has 2 unspecified atom stereocenters.